The lowest BCUT2D eigenvalue weighted by atomic mass is 10.0. The number of nitrogens with zero attached hydrogens (tertiary/aromatic N) is 3. The number of likely N-dealkylation sites (N-methyl/N-ethyl adjacent to an activating group) is 1. The van der Waals surface area contributed by atoms with Crippen LogP contribution >= 0.6 is 0 Å². The Labute approximate surface area is 243 Å². The summed E-state index contributed by atoms with van der Waals surface area (Å²) in [5.41, 5.74) is 3.59. The third-order valence-electron chi connectivity index (χ3n) is 6.76. The standard InChI is InChI=1S/C31H40N4O5S/c1-7-32-31(37)29(20-25-12-9-8-10-13-25)34(21-26-14-11-15-27(19-26)40-6)30(36)22-35(41(38,39)33(4)5)28-18-23(2)16-17-24(28)3/h8-19,29H,7,20-22H2,1-6H3,(H,32,37). The van der Waals surface area contributed by atoms with Crippen LogP contribution in [0, 0.1) is 13.8 Å². The highest BCUT2D eigenvalue weighted by Crippen LogP contribution is 2.26. The van der Waals surface area contributed by atoms with E-state index in [9.17, 15) is 18.0 Å². The first-order valence-corrected chi connectivity index (χ1v) is 14.9. The van der Waals surface area contributed by atoms with Crippen molar-refractivity contribution in [2.75, 3.05) is 38.6 Å². The minimum absolute atomic E-state index is 0.0767. The number of aryl methyl sites for hydroxylation is 2. The molecule has 9 nitrogen and oxygen atoms in total. The topological polar surface area (TPSA) is 99.3 Å². The van der Waals surface area contributed by atoms with Crippen molar-refractivity contribution in [3.8, 4) is 5.75 Å². The number of benzene rings is 3. The van der Waals surface area contributed by atoms with Crippen LogP contribution in [0.4, 0.5) is 5.69 Å². The first-order valence-electron chi connectivity index (χ1n) is 13.5. The third-order valence-corrected chi connectivity index (χ3v) is 8.57. The van der Waals surface area contributed by atoms with E-state index in [0.29, 0.717) is 23.5 Å². The van der Waals surface area contributed by atoms with Gasteiger partial charge in [-0.25, -0.2) is 4.31 Å². The highest BCUT2D eigenvalue weighted by Gasteiger charge is 2.35. The normalized spacial score (nSPS) is 12.1. The molecule has 1 unspecified atom stereocenters. The van der Waals surface area contributed by atoms with E-state index >= 15 is 0 Å². The fourth-order valence-electron chi connectivity index (χ4n) is 4.50. The van der Waals surface area contributed by atoms with E-state index in [4.69, 9.17) is 4.74 Å². The quantitative estimate of drug-likeness (QED) is 0.333. The fourth-order valence-corrected chi connectivity index (χ4v) is 5.62. The zero-order chi connectivity index (χ0) is 30.2. The molecule has 0 bridgehead atoms. The molecular weight excluding hydrogens is 540 g/mol. The van der Waals surface area contributed by atoms with Gasteiger partial charge in [-0.2, -0.15) is 12.7 Å². The number of amides is 2. The van der Waals surface area contributed by atoms with Gasteiger partial charge in [-0.3, -0.25) is 9.59 Å². The van der Waals surface area contributed by atoms with Gasteiger partial charge in [-0.15, -0.1) is 0 Å². The highest BCUT2D eigenvalue weighted by atomic mass is 32.2. The second-order valence-electron chi connectivity index (χ2n) is 10.1. The van der Waals surface area contributed by atoms with E-state index in [2.05, 4.69) is 5.32 Å². The molecule has 0 fully saturated rings. The molecule has 1 atom stereocenters. The van der Waals surface area contributed by atoms with E-state index < -0.39 is 28.7 Å². The summed E-state index contributed by atoms with van der Waals surface area (Å²) in [4.78, 5) is 29.2. The number of methoxy groups -OCH3 is 1. The molecule has 0 aliphatic carbocycles. The van der Waals surface area contributed by atoms with Gasteiger partial charge in [0.05, 0.1) is 12.8 Å². The maximum absolute atomic E-state index is 14.3. The van der Waals surface area contributed by atoms with Crippen LogP contribution in [0.3, 0.4) is 0 Å². The molecule has 10 heteroatoms. The zero-order valence-corrected chi connectivity index (χ0v) is 25.4. The van der Waals surface area contributed by atoms with Gasteiger partial charge in [-0.05, 0) is 61.2 Å². The van der Waals surface area contributed by atoms with Crippen molar-refractivity contribution in [1.29, 1.82) is 0 Å². The lowest BCUT2D eigenvalue weighted by Crippen LogP contribution is -2.54. The Morgan fingerprint density at radius 2 is 1.61 bits per heavy atom. The predicted octanol–water partition coefficient (Wildman–Crippen LogP) is 3.70. The molecule has 220 valence electrons. The molecule has 0 aromatic heterocycles. The minimum atomic E-state index is -4.06. The Kier molecular flexibility index (Phi) is 10.9. The average Bonchev–Trinajstić information content (AvgIpc) is 2.95. The summed E-state index contributed by atoms with van der Waals surface area (Å²) in [6.07, 6.45) is 0.256. The van der Waals surface area contributed by atoms with Crippen molar-refractivity contribution in [2.45, 2.75) is 39.8 Å². The van der Waals surface area contributed by atoms with Gasteiger partial charge in [0.25, 0.3) is 0 Å². The Hall–Kier alpha value is -3.89. The van der Waals surface area contributed by atoms with Gasteiger partial charge in [0, 0.05) is 33.6 Å². The summed E-state index contributed by atoms with van der Waals surface area (Å²) in [7, 11) is 0.358. The lowest BCUT2D eigenvalue weighted by Gasteiger charge is -2.34. The molecule has 41 heavy (non-hydrogen) atoms. The Morgan fingerprint density at radius 1 is 0.927 bits per heavy atom. The molecule has 3 aromatic rings. The van der Waals surface area contributed by atoms with E-state index in [1.807, 2.05) is 68.4 Å². The summed E-state index contributed by atoms with van der Waals surface area (Å²) in [6.45, 7) is 5.46. The van der Waals surface area contributed by atoms with Gasteiger partial charge < -0.3 is 15.0 Å². The van der Waals surface area contributed by atoms with E-state index in [1.54, 1.807) is 32.2 Å². The number of hydrogen-bond donors (Lipinski definition) is 1. The molecule has 0 saturated heterocycles. The van der Waals surface area contributed by atoms with Crippen LogP contribution in [0.1, 0.15) is 29.2 Å². The smallest absolute Gasteiger partial charge is 0.304 e. The second kappa shape index (κ2) is 14.1. The molecular formula is C31H40N4O5S. The van der Waals surface area contributed by atoms with Crippen LogP contribution in [-0.4, -0.2) is 69.8 Å². The molecule has 2 amide bonds. The van der Waals surface area contributed by atoms with Gasteiger partial charge >= 0.3 is 10.2 Å². The van der Waals surface area contributed by atoms with Crippen molar-refractivity contribution < 1.29 is 22.7 Å². The summed E-state index contributed by atoms with van der Waals surface area (Å²) in [6, 6.07) is 21.3. The van der Waals surface area contributed by atoms with Crippen molar-refractivity contribution in [1.82, 2.24) is 14.5 Å². The molecule has 0 aliphatic rings. The molecule has 1 N–H and O–H groups in total. The van der Waals surface area contributed by atoms with Crippen molar-refractivity contribution in [2.24, 2.45) is 0 Å². The van der Waals surface area contributed by atoms with Gasteiger partial charge in [0.1, 0.15) is 18.3 Å². The summed E-state index contributed by atoms with van der Waals surface area (Å²) in [5.74, 6) is -0.215. The molecule has 3 rings (SSSR count). The first kappa shape index (κ1) is 31.6. The fraction of sp³-hybridized carbons (Fsp3) is 0.355. The zero-order valence-electron chi connectivity index (χ0n) is 24.6. The van der Waals surface area contributed by atoms with E-state index in [0.717, 1.165) is 25.3 Å². The Morgan fingerprint density at radius 3 is 2.24 bits per heavy atom. The number of hydrogen-bond acceptors (Lipinski definition) is 5. The van der Waals surface area contributed by atoms with Crippen LogP contribution in [0.5, 0.6) is 5.75 Å². The summed E-state index contributed by atoms with van der Waals surface area (Å²) >= 11 is 0. The number of anilines is 1. The van der Waals surface area contributed by atoms with Crippen molar-refractivity contribution in [3.63, 3.8) is 0 Å². The monoisotopic (exact) mass is 580 g/mol. The maximum Gasteiger partial charge on any atom is 0.304 e. The third kappa shape index (κ3) is 8.08. The van der Waals surface area contributed by atoms with Gasteiger partial charge in [0.2, 0.25) is 11.8 Å². The number of carbonyl (C=O) groups is 2. The molecule has 0 saturated carbocycles. The van der Waals surface area contributed by atoms with E-state index in [1.165, 1.54) is 19.0 Å². The van der Waals surface area contributed by atoms with Crippen LogP contribution in [0.15, 0.2) is 72.8 Å². The van der Waals surface area contributed by atoms with Crippen LogP contribution < -0.4 is 14.4 Å². The number of nitrogens with one attached hydrogen (secondary N) is 1. The molecule has 0 heterocycles. The summed E-state index contributed by atoms with van der Waals surface area (Å²) < 4.78 is 34.7. The van der Waals surface area contributed by atoms with E-state index in [-0.39, 0.29) is 18.9 Å². The summed E-state index contributed by atoms with van der Waals surface area (Å²) in [5, 5.41) is 2.86. The van der Waals surface area contributed by atoms with Crippen LogP contribution in [0.25, 0.3) is 0 Å². The molecule has 3 aromatic carbocycles. The van der Waals surface area contributed by atoms with Gasteiger partial charge in [-0.1, -0.05) is 54.6 Å². The van der Waals surface area contributed by atoms with Crippen molar-refractivity contribution in [3.05, 3.63) is 95.1 Å². The Bertz CT molecular complexity index is 1440. The first-order chi connectivity index (χ1) is 19.5. The maximum atomic E-state index is 14.3. The Balaban J connectivity index is 2.12. The number of ether oxygens (including phenoxy) is 1. The molecule has 0 spiro atoms. The van der Waals surface area contributed by atoms with Crippen LogP contribution in [-0.2, 0) is 32.8 Å². The van der Waals surface area contributed by atoms with Crippen LogP contribution in [0.2, 0.25) is 0 Å². The molecule has 0 aliphatic heterocycles. The average molecular weight is 581 g/mol. The molecule has 0 radical (unpaired) electrons. The largest absolute Gasteiger partial charge is 0.497 e. The predicted molar refractivity (Wildman–Crippen MR) is 162 cm³/mol. The highest BCUT2D eigenvalue weighted by molar-refractivity contribution is 7.90. The van der Waals surface area contributed by atoms with Gasteiger partial charge in [0.15, 0.2) is 0 Å². The number of carbonyl (C=O) groups excluding carboxylic acids is 2. The van der Waals surface area contributed by atoms with Crippen molar-refractivity contribution >= 4 is 27.7 Å². The SMILES string of the molecule is CCNC(=O)C(Cc1ccccc1)N(Cc1cccc(OC)c1)C(=O)CN(c1cc(C)ccc1C)S(=O)(=O)N(C)C. The lowest BCUT2D eigenvalue weighted by molar-refractivity contribution is -0.140. The second-order valence-corrected chi connectivity index (χ2v) is 12.1. The number of rotatable bonds is 13. The minimum Gasteiger partial charge on any atom is -0.497 e.